The number of carbonyl (C=O) groups is 7. The van der Waals surface area contributed by atoms with Gasteiger partial charge >= 0.3 is 17.9 Å². The number of Topliss-reactive ketones (excluding diaryl/α,β-unsaturated/α-hetero) is 1. The minimum absolute atomic E-state index is 0.118. The van der Waals surface area contributed by atoms with Crippen LogP contribution in [0.3, 0.4) is 0 Å². The molecule has 0 unspecified atom stereocenters. The maximum absolute atomic E-state index is 13.3. The zero-order chi connectivity index (χ0) is 37.1. The zero-order valence-electron chi connectivity index (χ0n) is 28.5. The predicted molar refractivity (Wildman–Crippen MR) is 182 cm³/mol. The van der Waals surface area contributed by atoms with Gasteiger partial charge in [0.15, 0.2) is 5.78 Å². The molecule has 8 N–H and O–H groups in total. The molecule has 1 saturated heterocycles. The normalized spacial score (nSPS) is 16.3. The fraction of sp³-hybridized carbons (Fsp3) is 0.594. The quantitative estimate of drug-likeness (QED) is 0.0646. The lowest BCUT2D eigenvalue weighted by Gasteiger charge is -2.33. The fourth-order valence-electron chi connectivity index (χ4n) is 5.27. The number of aliphatic carboxylic acids is 3. The molecular formula is C32H50N8O10. The lowest BCUT2D eigenvalue weighted by Crippen LogP contribution is -2.52. The maximum atomic E-state index is 13.3. The van der Waals surface area contributed by atoms with Crippen LogP contribution in [0.5, 0.6) is 0 Å². The molecule has 1 fully saturated rings. The standard InChI is InChI=1S/C32H50N8O10/c1-23(41)24-5-7-25(8-6-24)35-27(42)18-34-32(50)26(4-2-3-9-33)36-28(43)19-37-10-12-38(20-29(44)45)14-16-40(22-31(48)49)17-15-39(13-11-37)21-30(46)47/h5-8,26H,2-4,9-22,33H2,1H3,(H,34,50)(H,35,42)(H,36,43)(H,44,45)(H,46,47)(H,48,49)/t26-/m0/s1. The van der Waals surface area contributed by atoms with Crippen molar-refractivity contribution in [2.45, 2.75) is 32.2 Å². The number of hydrogen-bond acceptors (Lipinski definition) is 12. The van der Waals surface area contributed by atoms with Crippen molar-refractivity contribution in [2.24, 2.45) is 5.73 Å². The van der Waals surface area contributed by atoms with Crippen LogP contribution in [0.1, 0.15) is 36.5 Å². The van der Waals surface area contributed by atoms with Crippen LogP contribution in [0.15, 0.2) is 24.3 Å². The number of unbranched alkanes of at least 4 members (excludes halogenated alkanes) is 1. The van der Waals surface area contributed by atoms with E-state index in [-0.39, 0.29) is 97.3 Å². The highest BCUT2D eigenvalue weighted by atomic mass is 16.4. The Bertz CT molecular complexity index is 1280. The number of nitrogens with zero attached hydrogens (tertiary/aromatic N) is 4. The van der Waals surface area contributed by atoms with Crippen molar-refractivity contribution >= 4 is 47.1 Å². The van der Waals surface area contributed by atoms with E-state index >= 15 is 0 Å². The molecule has 0 aliphatic carbocycles. The average Bonchev–Trinajstić information content (AvgIpc) is 3.04. The second-order valence-corrected chi connectivity index (χ2v) is 12.1. The molecule has 1 aliphatic heterocycles. The van der Waals surface area contributed by atoms with Gasteiger partial charge in [-0.1, -0.05) is 0 Å². The summed E-state index contributed by atoms with van der Waals surface area (Å²) < 4.78 is 0. The van der Waals surface area contributed by atoms with Gasteiger partial charge in [-0.05, 0) is 57.0 Å². The molecule has 1 aromatic carbocycles. The molecule has 0 bridgehead atoms. The molecule has 3 amide bonds. The number of anilines is 1. The van der Waals surface area contributed by atoms with Crippen LogP contribution in [-0.2, 0) is 28.8 Å². The first-order valence-electron chi connectivity index (χ1n) is 16.5. The Labute approximate surface area is 290 Å². The summed E-state index contributed by atoms with van der Waals surface area (Å²) in [5.41, 5.74) is 6.55. The van der Waals surface area contributed by atoms with Crippen molar-refractivity contribution in [3.63, 3.8) is 0 Å². The van der Waals surface area contributed by atoms with Crippen molar-refractivity contribution in [1.82, 2.24) is 30.2 Å². The Morgan fingerprint density at radius 2 is 1.12 bits per heavy atom. The minimum atomic E-state index is -1.07. The van der Waals surface area contributed by atoms with E-state index in [1.165, 1.54) is 6.92 Å². The van der Waals surface area contributed by atoms with Gasteiger partial charge in [-0.2, -0.15) is 0 Å². The number of nitrogens with one attached hydrogen (secondary N) is 3. The Kier molecular flexibility index (Phi) is 18.6. The minimum Gasteiger partial charge on any atom is -0.480 e. The number of ketones is 1. The van der Waals surface area contributed by atoms with E-state index in [0.717, 1.165) is 0 Å². The smallest absolute Gasteiger partial charge is 0.317 e. The van der Waals surface area contributed by atoms with Crippen LogP contribution in [0.25, 0.3) is 0 Å². The topological polar surface area (TPSA) is 255 Å². The van der Waals surface area contributed by atoms with Gasteiger partial charge in [0.25, 0.3) is 0 Å². The summed E-state index contributed by atoms with van der Waals surface area (Å²) in [6.07, 6.45) is 1.39. The SMILES string of the molecule is CC(=O)c1ccc(NC(=O)CNC(=O)[C@H](CCCCN)NC(=O)CN2CCN(CC(=O)O)CCN(CC(=O)O)CCN(CC(=O)O)CC2)cc1. The summed E-state index contributed by atoms with van der Waals surface area (Å²) in [4.78, 5) is 91.6. The van der Waals surface area contributed by atoms with Gasteiger partial charge in [0, 0.05) is 63.6 Å². The molecule has 0 saturated carbocycles. The van der Waals surface area contributed by atoms with Crippen molar-refractivity contribution in [1.29, 1.82) is 0 Å². The van der Waals surface area contributed by atoms with Gasteiger partial charge in [-0.25, -0.2) is 0 Å². The molecule has 18 nitrogen and oxygen atoms in total. The maximum Gasteiger partial charge on any atom is 0.317 e. The van der Waals surface area contributed by atoms with Gasteiger partial charge in [-0.3, -0.25) is 53.2 Å². The molecule has 0 aromatic heterocycles. The van der Waals surface area contributed by atoms with Crippen LogP contribution in [-0.4, -0.2) is 174 Å². The second kappa shape index (κ2) is 22.3. The highest BCUT2D eigenvalue weighted by Gasteiger charge is 2.24. The molecule has 0 spiro atoms. The van der Waals surface area contributed by atoms with Crippen LogP contribution in [0.4, 0.5) is 5.69 Å². The first-order valence-corrected chi connectivity index (χ1v) is 16.5. The number of hydrogen-bond donors (Lipinski definition) is 7. The van der Waals surface area contributed by atoms with Crippen molar-refractivity contribution in [2.75, 3.05) is 96.9 Å². The third kappa shape index (κ3) is 17.3. The van der Waals surface area contributed by atoms with E-state index in [1.807, 2.05) is 0 Å². The average molecular weight is 707 g/mol. The summed E-state index contributed by atoms with van der Waals surface area (Å²) in [5, 5.41) is 36.1. The van der Waals surface area contributed by atoms with Gasteiger partial charge in [0.05, 0.1) is 32.7 Å². The van der Waals surface area contributed by atoms with Gasteiger partial charge in [0.1, 0.15) is 6.04 Å². The van der Waals surface area contributed by atoms with Crippen LogP contribution >= 0.6 is 0 Å². The number of amides is 3. The van der Waals surface area contributed by atoms with E-state index in [2.05, 4.69) is 16.0 Å². The molecule has 1 aromatic rings. The predicted octanol–water partition coefficient (Wildman–Crippen LogP) is -1.97. The fourth-order valence-corrected chi connectivity index (χ4v) is 5.27. The summed E-state index contributed by atoms with van der Waals surface area (Å²) >= 11 is 0. The highest BCUT2D eigenvalue weighted by Crippen LogP contribution is 2.10. The summed E-state index contributed by atoms with van der Waals surface area (Å²) in [6, 6.07) is 5.30. The Morgan fingerprint density at radius 3 is 1.52 bits per heavy atom. The molecule has 0 radical (unpaired) electrons. The van der Waals surface area contributed by atoms with Gasteiger partial charge < -0.3 is 37.0 Å². The molecule has 18 heteroatoms. The van der Waals surface area contributed by atoms with Crippen molar-refractivity contribution < 1.29 is 48.9 Å². The lowest BCUT2D eigenvalue weighted by molar-refractivity contribution is -0.140. The van der Waals surface area contributed by atoms with E-state index in [1.54, 1.807) is 43.9 Å². The first-order chi connectivity index (χ1) is 23.7. The van der Waals surface area contributed by atoms with E-state index in [0.29, 0.717) is 30.6 Å². The first kappa shape index (κ1) is 41.7. The summed E-state index contributed by atoms with van der Waals surface area (Å²) in [7, 11) is 0. The molecule has 1 heterocycles. The third-order valence-electron chi connectivity index (χ3n) is 7.97. The molecule has 1 aliphatic rings. The van der Waals surface area contributed by atoms with E-state index in [9.17, 15) is 48.9 Å². The largest absolute Gasteiger partial charge is 0.480 e. The molecule has 1 atom stereocenters. The Hall–Kier alpha value is -4.49. The number of rotatable bonds is 18. The lowest BCUT2D eigenvalue weighted by atomic mass is 10.1. The van der Waals surface area contributed by atoms with Crippen LogP contribution in [0, 0.1) is 0 Å². The molecule has 278 valence electrons. The van der Waals surface area contributed by atoms with E-state index in [4.69, 9.17) is 5.73 Å². The van der Waals surface area contributed by atoms with Crippen LogP contribution in [0.2, 0.25) is 0 Å². The van der Waals surface area contributed by atoms with Crippen LogP contribution < -0.4 is 21.7 Å². The zero-order valence-corrected chi connectivity index (χ0v) is 28.5. The number of benzene rings is 1. The summed E-state index contributed by atoms with van der Waals surface area (Å²) in [6.45, 7) is 2.26. The second-order valence-electron chi connectivity index (χ2n) is 12.1. The Morgan fingerprint density at radius 1 is 0.680 bits per heavy atom. The van der Waals surface area contributed by atoms with Gasteiger partial charge in [0.2, 0.25) is 17.7 Å². The van der Waals surface area contributed by atoms with Gasteiger partial charge in [-0.15, -0.1) is 0 Å². The summed E-state index contributed by atoms with van der Waals surface area (Å²) in [5.74, 6) is -4.89. The molecular weight excluding hydrogens is 656 g/mol. The monoisotopic (exact) mass is 706 g/mol. The highest BCUT2D eigenvalue weighted by molar-refractivity contribution is 5.97. The molecule has 2 rings (SSSR count). The van der Waals surface area contributed by atoms with E-state index < -0.39 is 41.7 Å². The Balaban J connectivity index is 2.09. The molecule has 50 heavy (non-hydrogen) atoms. The van der Waals surface area contributed by atoms with Crippen molar-refractivity contribution in [3.8, 4) is 0 Å². The van der Waals surface area contributed by atoms with Crippen molar-refractivity contribution in [3.05, 3.63) is 29.8 Å². The number of carbonyl (C=O) groups excluding carboxylic acids is 4. The number of nitrogens with two attached hydrogens (primary N) is 1. The number of carboxylic acid groups (broad SMARTS) is 3. The number of carboxylic acids is 3. The third-order valence-corrected chi connectivity index (χ3v) is 7.97.